The molecule has 1 aromatic carbocycles. The van der Waals surface area contributed by atoms with Crippen molar-refractivity contribution >= 4 is 6.09 Å². The van der Waals surface area contributed by atoms with Gasteiger partial charge in [0.2, 0.25) is 0 Å². The van der Waals surface area contributed by atoms with Gasteiger partial charge in [-0.15, -0.1) is 0 Å². The SMILES string of the molecule is CCc1cc(CC)nc(-c2ccccc2OC(N)=O)n1. The first-order chi connectivity index (χ1) is 9.63. The lowest BCUT2D eigenvalue weighted by atomic mass is 10.1. The molecular formula is C15H17N3O2. The monoisotopic (exact) mass is 271 g/mol. The van der Waals surface area contributed by atoms with Crippen LogP contribution in [0, 0.1) is 0 Å². The molecule has 104 valence electrons. The Balaban J connectivity index is 2.53. The molecule has 0 aliphatic carbocycles. The van der Waals surface area contributed by atoms with Crippen LogP contribution in [0.5, 0.6) is 5.75 Å². The number of hydrogen-bond acceptors (Lipinski definition) is 4. The van der Waals surface area contributed by atoms with Crippen LogP contribution < -0.4 is 10.5 Å². The molecule has 5 heteroatoms. The molecule has 0 atom stereocenters. The standard InChI is InChI=1S/C15H17N3O2/c1-3-10-9-11(4-2)18-14(17-10)12-7-5-6-8-13(12)20-15(16)19/h5-9H,3-4H2,1-2H3,(H2,16,19). The summed E-state index contributed by atoms with van der Waals surface area (Å²) in [5.74, 6) is 0.924. The first-order valence-corrected chi connectivity index (χ1v) is 6.57. The maximum absolute atomic E-state index is 11.0. The molecule has 2 N–H and O–H groups in total. The zero-order valence-electron chi connectivity index (χ0n) is 11.6. The fourth-order valence-electron chi connectivity index (χ4n) is 1.89. The third kappa shape index (κ3) is 3.12. The van der Waals surface area contributed by atoms with Crippen molar-refractivity contribution < 1.29 is 9.53 Å². The molecular weight excluding hydrogens is 254 g/mol. The number of para-hydroxylation sites is 1. The van der Waals surface area contributed by atoms with Crippen LogP contribution in [0.3, 0.4) is 0 Å². The minimum atomic E-state index is -0.847. The van der Waals surface area contributed by atoms with Crippen molar-refractivity contribution in [2.45, 2.75) is 26.7 Å². The van der Waals surface area contributed by atoms with Crippen molar-refractivity contribution in [1.82, 2.24) is 9.97 Å². The van der Waals surface area contributed by atoms with Gasteiger partial charge in [-0.2, -0.15) is 0 Å². The lowest BCUT2D eigenvalue weighted by molar-refractivity contribution is 0.211. The first-order valence-electron chi connectivity index (χ1n) is 6.57. The van der Waals surface area contributed by atoms with Crippen molar-refractivity contribution in [2.24, 2.45) is 5.73 Å². The highest BCUT2D eigenvalue weighted by atomic mass is 16.5. The number of rotatable bonds is 4. The summed E-state index contributed by atoms with van der Waals surface area (Å²) in [6.45, 7) is 4.08. The van der Waals surface area contributed by atoms with E-state index in [4.69, 9.17) is 10.5 Å². The van der Waals surface area contributed by atoms with Gasteiger partial charge in [0.1, 0.15) is 5.75 Å². The van der Waals surface area contributed by atoms with Crippen LogP contribution in [0.15, 0.2) is 30.3 Å². The van der Waals surface area contributed by atoms with Gasteiger partial charge in [0, 0.05) is 11.4 Å². The number of amides is 1. The fraction of sp³-hybridized carbons (Fsp3) is 0.267. The molecule has 1 amide bonds. The van der Waals surface area contributed by atoms with Crippen molar-refractivity contribution in [2.75, 3.05) is 0 Å². The number of hydrogen-bond donors (Lipinski definition) is 1. The Morgan fingerprint density at radius 1 is 1.15 bits per heavy atom. The summed E-state index contributed by atoms with van der Waals surface area (Å²) in [5.41, 5.74) is 7.66. The second kappa shape index (κ2) is 6.14. The summed E-state index contributed by atoms with van der Waals surface area (Å²) in [5, 5.41) is 0. The Morgan fingerprint density at radius 2 is 1.75 bits per heavy atom. The fourth-order valence-corrected chi connectivity index (χ4v) is 1.89. The van der Waals surface area contributed by atoms with Crippen LogP contribution in [-0.4, -0.2) is 16.1 Å². The number of carbonyl (C=O) groups is 1. The Morgan fingerprint density at radius 3 is 2.30 bits per heavy atom. The molecule has 2 rings (SSSR count). The third-order valence-electron chi connectivity index (χ3n) is 2.90. The van der Waals surface area contributed by atoms with Gasteiger partial charge in [-0.3, -0.25) is 0 Å². The van der Waals surface area contributed by atoms with E-state index in [1.807, 2.05) is 32.0 Å². The summed E-state index contributed by atoms with van der Waals surface area (Å²) in [6, 6.07) is 9.09. The Kier molecular flexibility index (Phi) is 4.30. The van der Waals surface area contributed by atoms with E-state index in [2.05, 4.69) is 9.97 Å². The van der Waals surface area contributed by atoms with E-state index in [1.165, 1.54) is 0 Å². The maximum atomic E-state index is 11.0. The van der Waals surface area contributed by atoms with Gasteiger partial charge < -0.3 is 10.5 Å². The number of primary amides is 1. The van der Waals surface area contributed by atoms with Crippen molar-refractivity contribution in [3.8, 4) is 17.1 Å². The van der Waals surface area contributed by atoms with Crippen LogP contribution >= 0.6 is 0 Å². The number of aromatic nitrogens is 2. The number of nitrogens with zero attached hydrogens (tertiary/aromatic N) is 2. The number of ether oxygens (including phenoxy) is 1. The molecule has 0 saturated carbocycles. The largest absolute Gasteiger partial charge is 0.410 e. The minimum Gasteiger partial charge on any atom is -0.410 e. The zero-order chi connectivity index (χ0) is 14.5. The highest BCUT2D eigenvalue weighted by Gasteiger charge is 2.12. The molecule has 5 nitrogen and oxygen atoms in total. The summed E-state index contributed by atoms with van der Waals surface area (Å²) < 4.78 is 5.01. The summed E-state index contributed by atoms with van der Waals surface area (Å²) in [4.78, 5) is 19.9. The molecule has 0 bridgehead atoms. The first kappa shape index (κ1) is 14.0. The summed E-state index contributed by atoms with van der Waals surface area (Å²) in [7, 11) is 0. The lowest BCUT2D eigenvalue weighted by Crippen LogP contribution is -2.16. The number of carbonyl (C=O) groups excluding carboxylic acids is 1. The Bertz CT molecular complexity index is 604. The van der Waals surface area contributed by atoms with Gasteiger partial charge in [-0.25, -0.2) is 14.8 Å². The molecule has 1 aromatic heterocycles. The lowest BCUT2D eigenvalue weighted by Gasteiger charge is -2.09. The summed E-state index contributed by atoms with van der Waals surface area (Å²) in [6.07, 6.45) is 0.794. The van der Waals surface area contributed by atoms with Crippen molar-refractivity contribution in [3.63, 3.8) is 0 Å². The van der Waals surface area contributed by atoms with Gasteiger partial charge >= 0.3 is 6.09 Å². The van der Waals surface area contributed by atoms with Crippen LogP contribution in [-0.2, 0) is 12.8 Å². The molecule has 2 aromatic rings. The number of nitrogens with two attached hydrogens (primary N) is 1. The second-order valence-electron chi connectivity index (χ2n) is 4.30. The smallest absolute Gasteiger partial charge is 0.409 e. The molecule has 0 saturated heterocycles. The number of benzene rings is 1. The zero-order valence-corrected chi connectivity index (χ0v) is 11.6. The minimum absolute atomic E-state index is 0.371. The Hall–Kier alpha value is -2.43. The van der Waals surface area contributed by atoms with E-state index in [9.17, 15) is 4.79 Å². The molecule has 0 unspecified atom stereocenters. The highest BCUT2D eigenvalue weighted by molar-refractivity contribution is 5.73. The molecule has 0 spiro atoms. The van der Waals surface area contributed by atoms with Crippen molar-refractivity contribution in [1.29, 1.82) is 0 Å². The van der Waals surface area contributed by atoms with E-state index in [0.29, 0.717) is 17.1 Å². The predicted octanol–water partition coefficient (Wildman–Crippen LogP) is 2.73. The van der Waals surface area contributed by atoms with Crippen LogP contribution in [0.25, 0.3) is 11.4 Å². The predicted molar refractivity (Wildman–Crippen MR) is 76.4 cm³/mol. The second-order valence-corrected chi connectivity index (χ2v) is 4.30. The average Bonchev–Trinajstić information content (AvgIpc) is 2.46. The molecule has 0 aliphatic heterocycles. The molecule has 0 radical (unpaired) electrons. The third-order valence-corrected chi connectivity index (χ3v) is 2.90. The Labute approximate surface area is 117 Å². The average molecular weight is 271 g/mol. The summed E-state index contributed by atoms with van der Waals surface area (Å²) >= 11 is 0. The maximum Gasteiger partial charge on any atom is 0.409 e. The quantitative estimate of drug-likeness (QED) is 0.927. The van der Waals surface area contributed by atoms with Crippen LogP contribution in [0.4, 0.5) is 4.79 Å². The van der Waals surface area contributed by atoms with E-state index >= 15 is 0 Å². The highest BCUT2D eigenvalue weighted by Crippen LogP contribution is 2.27. The van der Waals surface area contributed by atoms with Crippen LogP contribution in [0.1, 0.15) is 25.2 Å². The van der Waals surface area contributed by atoms with Gasteiger partial charge in [0.15, 0.2) is 5.82 Å². The van der Waals surface area contributed by atoms with E-state index in [1.54, 1.807) is 12.1 Å². The van der Waals surface area contributed by atoms with Gasteiger partial charge in [0.05, 0.1) is 5.56 Å². The van der Waals surface area contributed by atoms with E-state index in [0.717, 1.165) is 24.2 Å². The molecule has 1 heterocycles. The normalized spacial score (nSPS) is 10.3. The molecule has 20 heavy (non-hydrogen) atoms. The van der Waals surface area contributed by atoms with Crippen LogP contribution in [0.2, 0.25) is 0 Å². The van der Waals surface area contributed by atoms with E-state index < -0.39 is 6.09 Å². The van der Waals surface area contributed by atoms with Gasteiger partial charge in [-0.05, 0) is 31.0 Å². The van der Waals surface area contributed by atoms with E-state index in [-0.39, 0.29) is 0 Å². The van der Waals surface area contributed by atoms with Gasteiger partial charge in [-0.1, -0.05) is 26.0 Å². The topological polar surface area (TPSA) is 78.1 Å². The van der Waals surface area contributed by atoms with Gasteiger partial charge in [0.25, 0.3) is 0 Å². The number of aryl methyl sites for hydroxylation is 2. The molecule has 0 aliphatic rings. The molecule has 0 fully saturated rings. The van der Waals surface area contributed by atoms with Crippen molar-refractivity contribution in [3.05, 3.63) is 41.7 Å².